The van der Waals surface area contributed by atoms with Gasteiger partial charge in [0.05, 0.1) is 0 Å². The molecule has 2 aromatic rings. The summed E-state index contributed by atoms with van der Waals surface area (Å²) in [5.41, 5.74) is 11.3. The van der Waals surface area contributed by atoms with Crippen molar-refractivity contribution in [2.24, 2.45) is 11.3 Å². The number of hydrogen-bond acceptors (Lipinski definition) is 0. The Kier molecular flexibility index (Phi) is 10.4. The predicted octanol–water partition coefficient (Wildman–Crippen LogP) is 3.25. The van der Waals surface area contributed by atoms with Crippen molar-refractivity contribution in [2.75, 3.05) is 0 Å². The monoisotopic (exact) mass is 614 g/mol. The van der Waals surface area contributed by atoms with Gasteiger partial charge in [0.25, 0.3) is 0 Å². The first-order valence-electron chi connectivity index (χ1n) is 13.7. The SMILES string of the molecule is CCCCC1C=C(C(C)(C)C)C=[C]1[Zr+2][c]1cc(C(C)(C)C)cc2c1Cc1ccc(C(C)(C)C)cc1-2.[Cl-].[Cl-]. The van der Waals surface area contributed by atoms with Crippen LogP contribution in [0.25, 0.3) is 11.1 Å². The second kappa shape index (κ2) is 11.9. The molecule has 0 radical (unpaired) electrons. The fourth-order valence-electron chi connectivity index (χ4n) is 5.33. The maximum absolute atomic E-state index is 2.63. The Morgan fingerprint density at radius 3 is 1.97 bits per heavy atom. The molecule has 0 aliphatic heterocycles. The molecule has 37 heavy (non-hydrogen) atoms. The number of rotatable bonds is 5. The van der Waals surface area contributed by atoms with E-state index >= 15 is 0 Å². The van der Waals surface area contributed by atoms with Gasteiger partial charge in [0.2, 0.25) is 0 Å². The predicted molar refractivity (Wildman–Crippen MR) is 150 cm³/mol. The summed E-state index contributed by atoms with van der Waals surface area (Å²) in [5.74, 6) is 0.668. The van der Waals surface area contributed by atoms with Gasteiger partial charge in [-0.05, 0) is 0 Å². The van der Waals surface area contributed by atoms with Gasteiger partial charge in [-0.1, -0.05) is 0 Å². The zero-order valence-corrected chi connectivity index (χ0v) is 28.7. The number of benzene rings is 2. The number of hydrogen-bond donors (Lipinski definition) is 0. The number of halogens is 2. The molecular weight excluding hydrogens is 571 g/mol. The molecule has 0 saturated carbocycles. The van der Waals surface area contributed by atoms with E-state index in [1.807, 2.05) is 0 Å². The minimum Gasteiger partial charge on any atom is -1.00 e. The summed E-state index contributed by atoms with van der Waals surface area (Å²) in [6, 6.07) is 12.4. The van der Waals surface area contributed by atoms with E-state index in [-0.39, 0.29) is 41.1 Å². The third kappa shape index (κ3) is 7.13. The Morgan fingerprint density at radius 2 is 1.41 bits per heavy atom. The van der Waals surface area contributed by atoms with Crippen LogP contribution >= 0.6 is 0 Å². The normalized spacial score (nSPS) is 16.6. The van der Waals surface area contributed by atoms with Gasteiger partial charge in [-0.3, -0.25) is 0 Å². The minimum absolute atomic E-state index is 0. The molecule has 1 unspecified atom stereocenters. The quantitative estimate of drug-likeness (QED) is 0.413. The molecule has 3 heteroatoms. The molecule has 0 N–H and O–H groups in total. The summed E-state index contributed by atoms with van der Waals surface area (Å²) in [6.07, 6.45) is 10.3. The zero-order chi connectivity index (χ0) is 25.8. The molecule has 0 heterocycles. The van der Waals surface area contributed by atoms with Crippen LogP contribution in [0.3, 0.4) is 0 Å². The van der Waals surface area contributed by atoms with Crippen LogP contribution in [-0.4, -0.2) is 0 Å². The molecule has 0 fully saturated rings. The first kappa shape index (κ1) is 32.6. The van der Waals surface area contributed by atoms with Gasteiger partial charge >= 0.3 is 228 Å². The molecule has 4 rings (SSSR count). The summed E-state index contributed by atoms with van der Waals surface area (Å²) in [6.45, 7) is 23.6. The van der Waals surface area contributed by atoms with E-state index in [0.717, 1.165) is 6.42 Å². The standard InChI is InChI=1S/C21H25.C13H21.2ClH.Zr/c1-20(2,3)16-9-7-14-11-15-8-10-17(21(4,5)6)13-19(15)18(14)12-16;1-5-6-7-11-8-9-12(10-11)13(2,3)4;;;/h7,9-10,12-13H,11H2,1-6H3;9-11H,5-7H2,1-4H3;2*1H;/q;;;;+2/p-2. The van der Waals surface area contributed by atoms with E-state index in [1.165, 1.54) is 47.1 Å². The molecular formula is C34H46Cl2Zr. The van der Waals surface area contributed by atoms with Gasteiger partial charge in [-0.15, -0.1) is 0 Å². The molecule has 200 valence electrons. The van der Waals surface area contributed by atoms with Crippen molar-refractivity contribution in [1.82, 2.24) is 0 Å². The maximum atomic E-state index is 2.63. The third-order valence-corrected chi connectivity index (χ3v) is 11.6. The van der Waals surface area contributed by atoms with E-state index in [9.17, 15) is 0 Å². The first-order chi connectivity index (χ1) is 16.2. The van der Waals surface area contributed by atoms with Crippen molar-refractivity contribution in [1.29, 1.82) is 0 Å². The summed E-state index contributed by atoms with van der Waals surface area (Å²) in [4.78, 5) is 0. The number of unbranched alkanes of at least 4 members (excludes halogenated alkanes) is 1. The number of allylic oxidation sites excluding steroid dienone is 4. The fraction of sp³-hybridized carbons (Fsp3) is 0.529. The largest absolute Gasteiger partial charge is 1.00 e. The fourth-order valence-corrected chi connectivity index (χ4v) is 9.15. The molecule has 2 aliphatic rings. The van der Waals surface area contributed by atoms with Crippen molar-refractivity contribution in [3.63, 3.8) is 0 Å². The Balaban J connectivity index is 0.00000241. The minimum atomic E-state index is -0.908. The van der Waals surface area contributed by atoms with Crippen LogP contribution < -0.4 is 28.1 Å². The van der Waals surface area contributed by atoms with Crippen LogP contribution in [0.15, 0.2) is 51.3 Å². The molecule has 0 nitrogen and oxygen atoms in total. The van der Waals surface area contributed by atoms with Gasteiger partial charge in [-0.2, -0.15) is 0 Å². The van der Waals surface area contributed by atoms with E-state index in [0.29, 0.717) is 5.92 Å². The Labute approximate surface area is 251 Å². The van der Waals surface area contributed by atoms with Gasteiger partial charge in [0.1, 0.15) is 0 Å². The second-order valence-corrected chi connectivity index (χ2v) is 17.3. The van der Waals surface area contributed by atoms with Gasteiger partial charge in [-0.25, -0.2) is 0 Å². The van der Waals surface area contributed by atoms with Crippen LogP contribution in [-0.2, 0) is 40.5 Å². The van der Waals surface area contributed by atoms with Crippen molar-refractivity contribution in [2.45, 2.75) is 106 Å². The van der Waals surface area contributed by atoms with Crippen LogP contribution in [0.5, 0.6) is 0 Å². The van der Waals surface area contributed by atoms with Crippen molar-refractivity contribution < 1.29 is 48.0 Å². The van der Waals surface area contributed by atoms with Gasteiger partial charge < -0.3 is 24.8 Å². The van der Waals surface area contributed by atoms with Crippen LogP contribution in [0, 0.1) is 11.3 Å². The Hall–Kier alpha value is -0.617. The molecule has 2 aromatic carbocycles. The van der Waals surface area contributed by atoms with Crippen molar-refractivity contribution in [3.8, 4) is 11.1 Å². The van der Waals surface area contributed by atoms with E-state index in [2.05, 4.69) is 112 Å². The zero-order valence-electron chi connectivity index (χ0n) is 24.7. The molecule has 1 atom stereocenters. The van der Waals surface area contributed by atoms with E-state index in [1.54, 1.807) is 17.7 Å². The third-order valence-electron chi connectivity index (χ3n) is 7.85. The number of fused-ring (bicyclic) bond motifs is 3. The molecule has 0 aromatic heterocycles. The second-order valence-electron chi connectivity index (χ2n) is 13.9. The van der Waals surface area contributed by atoms with Crippen LogP contribution in [0.4, 0.5) is 0 Å². The van der Waals surface area contributed by atoms with Crippen molar-refractivity contribution in [3.05, 3.63) is 73.6 Å². The molecule has 0 bridgehead atoms. The smallest absolute Gasteiger partial charge is 1.00 e. The molecule has 0 amide bonds. The van der Waals surface area contributed by atoms with E-state index < -0.39 is 23.2 Å². The van der Waals surface area contributed by atoms with Gasteiger partial charge in [0, 0.05) is 0 Å². The first-order valence-corrected chi connectivity index (χ1v) is 16.2. The molecule has 2 aliphatic carbocycles. The van der Waals surface area contributed by atoms with Crippen molar-refractivity contribution >= 4 is 3.27 Å². The summed E-state index contributed by atoms with van der Waals surface area (Å²) in [5, 5.41) is 0. The average molecular weight is 617 g/mol. The topological polar surface area (TPSA) is 0 Å². The summed E-state index contributed by atoms with van der Waals surface area (Å²) in [7, 11) is 0. The summed E-state index contributed by atoms with van der Waals surface area (Å²) >= 11 is -0.908. The maximum Gasteiger partial charge on any atom is -1.00 e. The Bertz CT molecular complexity index is 1180. The average Bonchev–Trinajstić information content (AvgIpc) is 3.32. The van der Waals surface area contributed by atoms with E-state index in [4.69, 9.17) is 0 Å². The molecule has 0 saturated heterocycles. The van der Waals surface area contributed by atoms with Crippen LogP contribution in [0.1, 0.15) is 111 Å². The Morgan fingerprint density at radius 1 is 0.784 bits per heavy atom. The molecule has 0 spiro atoms. The van der Waals surface area contributed by atoms with Gasteiger partial charge in [0.15, 0.2) is 0 Å². The van der Waals surface area contributed by atoms with Crippen LogP contribution in [0.2, 0.25) is 0 Å². The summed E-state index contributed by atoms with van der Waals surface area (Å²) < 4.78 is 3.52.